The zero-order valence-electron chi connectivity index (χ0n) is 23.7. The molecule has 3 heterocycles. The van der Waals surface area contributed by atoms with E-state index in [9.17, 15) is 14.7 Å². The van der Waals surface area contributed by atoms with Crippen molar-refractivity contribution in [1.29, 1.82) is 0 Å². The molecule has 40 heavy (non-hydrogen) atoms. The molecule has 2 aliphatic heterocycles. The summed E-state index contributed by atoms with van der Waals surface area (Å²) in [5.74, 6) is -0.145. The Hall–Kier alpha value is -2.78. The maximum absolute atomic E-state index is 14.2. The molecule has 1 saturated carbocycles. The highest BCUT2D eigenvalue weighted by molar-refractivity contribution is 6.00. The number of aromatic nitrogens is 2. The lowest BCUT2D eigenvalue weighted by Gasteiger charge is -2.54. The van der Waals surface area contributed by atoms with Gasteiger partial charge in [0.15, 0.2) is 5.69 Å². The quantitative estimate of drug-likeness (QED) is 0.232. The predicted molar refractivity (Wildman–Crippen MR) is 155 cm³/mol. The summed E-state index contributed by atoms with van der Waals surface area (Å²) in [6, 6.07) is 9.33. The summed E-state index contributed by atoms with van der Waals surface area (Å²) >= 11 is 0. The third kappa shape index (κ3) is 6.25. The predicted octanol–water partition coefficient (Wildman–Crippen LogP) is 4.89. The molecule has 5 atom stereocenters. The molecule has 3 aliphatic rings. The molecule has 0 spiro atoms. The van der Waals surface area contributed by atoms with Gasteiger partial charge in [0.25, 0.3) is 5.56 Å². The van der Waals surface area contributed by atoms with Gasteiger partial charge >= 0.3 is 5.97 Å². The van der Waals surface area contributed by atoms with Crippen molar-refractivity contribution in [2.45, 2.75) is 115 Å². The number of oxime groups is 1. The Morgan fingerprint density at radius 1 is 1.02 bits per heavy atom. The number of rotatable bonds is 11. The second-order valence-corrected chi connectivity index (χ2v) is 11.9. The number of nitrogens with zero attached hydrogens (tertiary/aromatic N) is 4. The summed E-state index contributed by atoms with van der Waals surface area (Å²) in [5.41, 5.74) is 1.60. The number of aliphatic hydroxyl groups is 1. The van der Waals surface area contributed by atoms with Crippen LogP contribution in [0, 0.1) is 5.92 Å². The van der Waals surface area contributed by atoms with E-state index in [1.54, 1.807) is 0 Å². The van der Waals surface area contributed by atoms with E-state index in [2.05, 4.69) is 22.0 Å². The van der Waals surface area contributed by atoms with Crippen LogP contribution in [-0.2, 0) is 9.63 Å². The van der Waals surface area contributed by atoms with Crippen LogP contribution in [0.3, 0.4) is 0 Å². The van der Waals surface area contributed by atoms with E-state index in [0.29, 0.717) is 23.6 Å². The van der Waals surface area contributed by atoms with Gasteiger partial charge in [0, 0.05) is 30.6 Å². The summed E-state index contributed by atoms with van der Waals surface area (Å²) in [7, 11) is 0. The molecule has 2 saturated heterocycles. The molecule has 1 aromatic heterocycles. The second kappa shape index (κ2) is 13.3. The van der Waals surface area contributed by atoms with E-state index < -0.39 is 5.97 Å². The fraction of sp³-hybridized carbons (Fsp3) is 0.677. The van der Waals surface area contributed by atoms with Crippen molar-refractivity contribution in [2.24, 2.45) is 11.1 Å². The minimum atomic E-state index is -0.986. The molecule has 2 aromatic rings. The molecular formula is C31H44N4O5. The average Bonchev–Trinajstić information content (AvgIpc) is 2.94. The summed E-state index contributed by atoms with van der Waals surface area (Å²) < 4.78 is 1.92. The number of carboxylic acids is 1. The standard InChI is InChI=1S/C31H44N4O5/c1-2-7-21-8-5-9-22(18-21)34-23-10-6-11-24(34)20-25(19-23)35-28-13-4-3-12-26(28)32-30(31(35)39)27(14-15-29(37)38)33-40-17-16-36/h3-4,12-13,21-25,36H,2,5-11,14-20H2,1H3,(H,37,38)/b33-27+/t21?,22-,23-,24+,25+/m1/s1. The van der Waals surface area contributed by atoms with Crippen LogP contribution in [0.15, 0.2) is 34.2 Å². The Balaban J connectivity index is 1.49. The van der Waals surface area contributed by atoms with Crippen LogP contribution in [0.4, 0.5) is 0 Å². The van der Waals surface area contributed by atoms with E-state index in [1.165, 1.54) is 57.8 Å². The maximum Gasteiger partial charge on any atom is 0.303 e. The smallest absolute Gasteiger partial charge is 0.303 e. The van der Waals surface area contributed by atoms with Gasteiger partial charge in [-0.25, -0.2) is 4.98 Å². The van der Waals surface area contributed by atoms with Crippen molar-refractivity contribution in [1.82, 2.24) is 14.5 Å². The second-order valence-electron chi connectivity index (χ2n) is 11.9. The van der Waals surface area contributed by atoms with Crippen LogP contribution in [0.5, 0.6) is 0 Å². The number of hydrogen-bond donors (Lipinski definition) is 2. The Labute approximate surface area is 236 Å². The number of aliphatic hydroxyl groups excluding tert-OH is 1. The summed E-state index contributed by atoms with van der Waals surface area (Å²) in [6.45, 7) is 2.03. The summed E-state index contributed by atoms with van der Waals surface area (Å²) in [5, 5.41) is 22.5. The van der Waals surface area contributed by atoms with Gasteiger partial charge < -0.3 is 19.6 Å². The number of benzene rings is 1. The number of hydrogen-bond acceptors (Lipinski definition) is 7. The zero-order valence-corrected chi connectivity index (χ0v) is 23.7. The topological polar surface area (TPSA) is 117 Å². The lowest BCUT2D eigenvalue weighted by atomic mass is 9.76. The van der Waals surface area contributed by atoms with Crippen LogP contribution in [0.25, 0.3) is 11.0 Å². The minimum Gasteiger partial charge on any atom is -0.481 e. The van der Waals surface area contributed by atoms with Crippen LogP contribution in [0.2, 0.25) is 0 Å². The van der Waals surface area contributed by atoms with E-state index >= 15 is 0 Å². The zero-order chi connectivity index (χ0) is 28.1. The average molecular weight is 553 g/mol. The molecule has 2 N–H and O–H groups in total. The third-order valence-electron chi connectivity index (χ3n) is 9.25. The van der Waals surface area contributed by atoms with Crippen molar-refractivity contribution in [3.05, 3.63) is 40.3 Å². The first kappa shape index (κ1) is 28.7. The van der Waals surface area contributed by atoms with E-state index in [1.807, 2.05) is 28.8 Å². The first-order chi connectivity index (χ1) is 19.5. The third-order valence-corrected chi connectivity index (χ3v) is 9.25. The molecule has 2 bridgehead atoms. The monoisotopic (exact) mass is 552 g/mol. The fourth-order valence-corrected chi connectivity index (χ4v) is 7.70. The first-order valence-corrected chi connectivity index (χ1v) is 15.3. The molecule has 1 aliphatic carbocycles. The molecular weight excluding hydrogens is 508 g/mol. The number of carboxylic acid groups (broad SMARTS) is 1. The van der Waals surface area contributed by atoms with Crippen molar-refractivity contribution in [2.75, 3.05) is 13.2 Å². The van der Waals surface area contributed by atoms with Crippen LogP contribution < -0.4 is 5.56 Å². The molecule has 1 unspecified atom stereocenters. The molecule has 3 fully saturated rings. The SMILES string of the molecule is CCCC1CCC[C@@H](N2[C@@H]3CCC[C@H]2C[C@@H](n2c(=O)c(/C(CCC(=O)O)=N/OCCO)nc4ccccc42)C3)C1. The largest absolute Gasteiger partial charge is 0.481 e. The van der Waals surface area contributed by atoms with Crippen LogP contribution in [-0.4, -0.2) is 67.7 Å². The lowest BCUT2D eigenvalue weighted by Crippen LogP contribution is -2.58. The Morgan fingerprint density at radius 2 is 1.73 bits per heavy atom. The highest BCUT2D eigenvalue weighted by Crippen LogP contribution is 2.44. The van der Waals surface area contributed by atoms with Gasteiger partial charge in [0.05, 0.1) is 24.1 Å². The molecule has 0 radical (unpaired) electrons. The van der Waals surface area contributed by atoms with Crippen molar-refractivity contribution in [3.63, 3.8) is 0 Å². The van der Waals surface area contributed by atoms with E-state index in [-0.39, 0.29) is 49.1 Å². The normalized spacial score (nSPS) is 27.6. The fourth-order valence-electron chi connectivity index (χ4n) is 7.70. The Morgan fingerprint density at radius 3 is 2.42 bits per heavy atom. The highest BCUT2D eigenvalue weighted by atomic mass is 16.6. The summed E-state index contributed by atoms with van der Waals surface area (Å²) in [4.78, 5) is 38.3. The van der Waals surface area contributed by atoms with Gasteiger partial charge in [0.2, 0.25) is 0 Å². The van der Waals surface area contributed by atoms with Gasteiger partial charge in [-0.1, -0.05) is 56.3 Å². The van der Waals surface area contributed by atoms with Gasteiger partial charge in [-0.3, -0.25) is 14.5 Å². The van der Waals surface area contributed by atoms with E-state index in [0.717, 1.165) is 24.3 Å². The van der Waals surface area contributed by atoms with Gasteiger partial charge in [-0.2, -0.15) is 0 Å². The maximum atomic E-state index is 14.2. The van der Waals surface area contributed by atoms with Crippen LogP contribution >= 0.6 is 0 Å². The molecule has 9 heteroatoms. The Bertz CT molecular complexity index is 1240. The van der Waals surface area contributed by atoms with Crippen molar-refractivity contribution < 1.29 is 19.8 Å². The van der Waals surface area contributed by atoms with Crippen molar-refractivity contribution >= 4 is 22.7 Å². The molecule has 5 rings (SSSR count). The van der Waals surface area contributed by atoms with Crippen molar-refractivity contribution in [3.8, 4) is 0 Å². The van der Waals surface area contributed by atoms with Crippen LogP contribution in [0.1, 0.15) is 102 Å². The van der Waals surface area contributed by atoms with Gasteiger partial charge in [0.1, 0.15) is 12.3 Å². The molecule has 1 aromatic carbocycles. The van der Waals surface area contributed by atoms with Gasteiger partial charge in [-0.05, 0) is 56.6 Å². The minimum absolute atomic E-state index is 0.0195. The molecule has 218 valence electrons. The number of para-hydroxylation sites is 2. The first-order valence-electron chi connectivity index (χ1n) is 15.3. The van der Waals surface area contributed by atoms with Gasteiger partial charge in [-0.15, -0.1) is 0 Å². The highest BCUT2D eigenvalue weighted by Gasteiger charge is 2.43. The molecule has 9 nitrogen and oxygen atoms in total. The number of aliphatic carboxylic acids is 1. The number of piperidine rings is 2. The number of fused-ring (bicyclic) bond motifs is 3. The molecule has 0 amide bonds. The summed E-state index contributed by atoms with van der Waals surface area (Å²) in [6.07, 6.45) is 13.2. The van der Waals surface area contributed by atoms with E-state index in [4.69, 9.17) is 9.94 Å². The Kier molecular flexibility index (Phi) is 9.52. The lowest BCUT2D eigenvalue weighted by molar-refractivity contribution is -0.136. The number of carbonyl (C=O) groups is 1.